The number of halogens is 1. The zero-order valence-corrected chi connectivity index (χ0v) is 10.3. The van der Waals surface area contributed by atoms with Crippen molar-refractivity contribution in [2.24, 2.45) is 5.92 Å². The Balaban J connectivity index is 2.03. The van der Waals surface area contributed by atoms with E-state index in [1.54, 1.807) is 6.07 Å². The zero-order valence-electron chi connectivity index (χ0n) is 10.3. The Morgan fingerprint density at radius 1 is 1.41 bits per heavy atom. The first-order valence-corrected chi connectivity index (χ1v) is 6.35. The first-order valence-electron chi connectivity index (χ1n) is 6.35. The van der Waals surface area contributed by atoms with Crippen molar-refractivity contribution in [1.82, 2.24) is 5.32 Å². The lowest BCUT2D eigenvalue weighted by molar-refractivity contribution is 0.0324. The van der Waals surface area contributed by atoms with Crippen LogP contribution in [0.3, 0.4) is 0 Å². The molecular formula is C14H20FNO. The summed E-state index contributed by atoms with van der Waals surface area (Å²) in [7, 11) is 0. The lowest BCUT2D eigenvalue weighted by Gasteiger charge is -2.32. The second-order valence-electron chi connectivity index (χ2n) is 4.58. The maximum Gasteiger partial charge on any atom is 0.126 e. The second kappa shape index (κ2) is 6.12. The predicted molar refractivity (Wildman–Crippen MR) is 66.5 cm³/mol. The Morgan fingerprint density at radius 2 is 2.24 bits per heavy atom. The molecular weight excluding hydrogens is 217 g/mol. The van der Waals surface area contributed by atoms with Crippen molar-refractivity contribution < 1.29 is 9.13 Å². The van der Waals surface area contributed by atoms with Gasteiger partial charge in [-0.25, -0.2) is 4.39 Å². The highest BCUT2D eigenvalue weighted by Crippen LogP contribution is 2.21. The van der Waals surface area contributed by atoms with E-state index in [0.717, 1.165) is 38.2 Å². The molecule has 1 aromatic carbocycles. The molecule has 1 N–H and O–H groups in total. The summed E-state index contributed by atoms with van der Waals surface area (Å²) in [6.07, 6.45) is 1.78. The minimum atomic E-state index is -0.103. The Labute approximate surface area is 102 Å². The molecule has 3 heteroatoms. The fourth-order valence-corrected chi connectivity index (χ4v) is 2.48. The first-order chi connectivity index (χ1) is 8.31. The molecule has 0 aromatic heterocycles. The Bertz CT molecular complexity index is 354. The topological polar surface area (TPSA) is 21.3 Å². The summed E-state index contributed by atoms with van der Waals surface area (Å²) in [5.74, 6) is 0.272. The van der Waals surface area contributed by atoms with Crippen LogP contribution in [0.2, 0.25) is 0 Å². The smallest absolute Gasteiger partial charge is 0.126 e. The fourth-order valence-electron chi connectivity index (χ4n) is 2.48. The van der Waals surface area contributed by atoms with E-state index in [4.69, 9.17) is 4.74 Å². The third kappa shape index (κ3) is 3.27. The molecule has 0 spiro atoms. The molecule has 0 bridgehead atoms. The number of ether oxygens (including phenoxy) is 1. The molecule has 0 saturated carbocycles. The summed E-state index contributed by atoms with van der Waals surface area (Å²) in [5.41, 5.74) is 0.797. The van der Waals surface area contributed by atoms with Crippen molar-refractivity contribution in [2.75, 3.05) is 19.8 Å². The van der Waals surface area contributed by atoms with E-state index in [-0.39, 0.29) is 5.82 Å². The first kappa shape index (κ1) is 12.5. The Kier molecular flexibility index (Phi) is 4.51. The van der Waals surface area contributed by atoms with Gasteiger partial charge in [-0.05, 0) is 31.0 Å². The summed E-state index contributed by atoms with van der Waals surface area (Å²) in [4.78, 5) is 0. The molecule has 1 saturated heterocycles. The Morgan fingerprint density at radius 3 is 3.00 bits per heavy atom. The van der Waals surface area contributed by atoms with Gasteiger partial charge in [-0.15, -0.1) is 0 Å². The molecule has 0 unspecified atom stereocenters. The summed E-state index contributed by atoms with van der Waals surface area (Å²) in [5, 5.41) is 3.47. The van der Waals surface area contributed by atoms with E-state index in [0.29, 0.717) is 12.0 Å². The van der Waals surface area contributed by atoms with Gasteiger partial charge in [-0.2, -0.15) is 0 Å². The highest BCUT2D eigenvalue weighted by molar-refractivity contribution is 5.18. The minimum Gasteiger partial charge on any atom is -0.381 e. The molecule has 1 aliphatic rings. The number of hydrogen-bond donors (Lipinski definition) is 1. The van der Waals surface area contributed by atoms with Gasteiger partial charge < -0.3 is 10.1 Å². The van der Waals surface area contributed by atoms with Crippen LogP contribution in [0, 0.1) is 11.7 Å². The van der Waals surface area contributed by atoms with Crippen molar-refractivity contribution in [2.45, 2.75) is 25.8 Å². The van der Waals surface area contributed by atoms with Crippen molar-refractivity contribution >= 4 is 0 Å². The van der Waals surface area contributed by atoms with Crippen LogP contribution in [-0.2, 0) is 11.2 Å². The molecule has 2 nitrogen and oxygen atoms in total. The van der Waals surface area contributed by atoms with Crippen LogP contribution in [0.1, 0.15) is 18.9 Å². The molecule has 2 rings (SSSR count). The molecule has 0 amide bonds. The Hall–Kier alpha value is -0.930. The SMILES string of the molecule is CCN[C@@H]1CCOC[C@H]1Cc1ccccc1F. The van der Waals surface area contributed by atoms with Gasteiger partial charge in [-0.1, -0.05) is 25.1 Å². The van der Waals surface area contributed by atoms with Crippen LogP contribution < -0.4 is 5.32 Å². The highest BCUT2D eigenvalue weighted by atomic mass is 19.1. The van der Waals surface area contributed by atoms with Crippen molar-refractivity contribution in [3.63, 3.8) is 0 Å². The number of rotatable bonds is 4. The molecule has 0 radical (unpaired) electrons. The summed E-state index contributed by atoms with van der Waals surface area (Å²) in [6, 6.07) is 7.48. The van der Waals surface area contributed by atoms with Crippen molar-refractivity contribution in [3.8, 4) is 0 Å². The van der Waals surface area contributed by atoms with E-state index in [1.165, 1.54) is 6.07 Å². The fraction of sp³-hybridized carbons (Fsp3) is 0.571. The van der Waals surface area contributed by atoms with Gasteiger partial charge in [0.1, 0.15) is 5.82 Å². The van der Waals surface area contributed by atoms with Crippen LogP contribution in [0.5, 0.6) is 0 Å². The van der Waals surface area contributed by atoms with E-state index < -0.39 is 0 Å². The third-order valence-corrected chi connectivity index (χ3v) is 3.38. The summed E-state index contributed by atoms with van der Waals surface area (Å²) in [6.45, 7) is 4.60. The van der Waals surface area contributed by atoms with Gasteiger partial charge in [0.15, 0.2) is 0 Å². The standard InChI is InChI=1S/C14H20FNO/c1-2-16-14-7-8-17-10-12(14)9-11-5-3-4-6-13(11)15/h3-6,12,14,16H,2,7-10H2,1H3/t12-,14-/m1/s1. The van der Waals surface area contributed by atoms with Crippen LogP contribution in [0.25, 0.3) is 0 Å². The molecule has 0 aliphatic carbocycles. The normalized spacial score (nSPS) is 24.8. The quantitative estimate of drug-likeness (QED) is 0.868. The number of nitrogens with one attached hydrogen (secondary N) is 1. The van der Waals surface area contributed by atoms with E-state index >= 15 is 0 Å². The number of benzene rings is 1. The molecule has 1 aliphatic heterocycles. The summed E-state index contributed by atoms with van der Waals surface area (Å²) < 4.78 is 19.1. The molecule has 17 heavy (non-hydrogen) atoms. The van der Waals surface area contributed by atoms with E-state index in [2.05, 4.69) is 12.2 Å². The monoisotopic (exact) mass is 237 g/mol. The lowest BCUT2D eigenvalue weighted by atomic mass is 9.89. The minimum absolute atomic E-state index is 0.103. The van der Waals surface area contributed by atoms with Crippen LogP contribution in [0.4, 0.5) is 4.39 Å². The van der Waals surface area contributed by atoms with E-state index in [9.17, 15) is 4.39 Å². The molecule has 1 heterocycles. The maximum absolute atomic E-state index is 13.6. The van der Waals surface area contributed by atoms with Gasteiger partial charge in [0.2, 0.25) is 0 Å². The third-order valence-electron chi connectivity index (χ3n) is 3.38. The van der Waals surface area contributed by atoms with Gasteiger partial charge in [0, 0.05) is 18.6 Å². The maximum atomic E-state index is 13.6. The lowest BCUT2D eigenvalue weighted by Crippen LogP contribution is -2.43. The van der Waals surface area contributed by atoms with E-state index in [1.807, 2.05) is 12.1 Å². The van der Waals surface area contributed by atoms with Crippen LogP contribution in [-0.4, -0.2) is 25.8 Å². The molecule has 1 aromatic rings. The van der Waals surface area contributed by atoms with Crippen LogP contribution >= 0.6 is 0 Å². The largest absolute Gasteiger partial charge is 0.381 e. The molecule has 94 valence electrons. The van der Waals surface area contributed by atoms with Crippen molar-refractivity contribution in [3.05, 3.63) is 35.6 Å². The number of hydrogen-bond acceptors (Lipinski definition) is 2. The zero-order chi connectivity index (χ0) is 12.1. The summed E-state index contributed by atoms with van der Waals surface area (Å²) >= 11 is 0. The predicted octanol–water partition coefficient (Wildman–Crippen LogP) is 2.38. The van der Waals surface area contributed by atoms with Gasteiger partial charge in [0.25, 0.3) is 0 Å². The molecule has 1 fully saturated rings. The highest BCUT2D eigenvalue weighted by Gasteiger charge is 2.25. The van der Waals surface area contributed by atoms with Gasteiger partial charge in [0.05, 0.1) is 6.61 Å². The van der Waals surface area contributed by atoms with Gasteiger partial charge >= 0.3 is 0 Å². The average molecular weight is 237 g/mol. The molecule has 2 atom stereocenters. The van der Waals surface area contributed by atoms with Crippen LogP contribution in [0.15, 0.2) is 24.3 Å². The van der Waals surface area contributed by atoms with Crippen molar-refractivity contribution in [1.29, 1.82) is 0 Å². The second-order valence-corrected chi connectivity index (χ2v) is 4.58. The average Bonchev–Trinajstić information content (AvgIpc) is 2.35. The van der Waals surface area contributed by atoms with Gasteiger partial charge in [-0.3, -0.25) is 0 Å².